The number of nitro groups is 2. The summed E-state index contributed by atoms with van der Waals surface area (Å²) in [5.41, 5.74) is -1.06. The van der Waals surface area contributed by atoms with Crippen molar-refractivity contribution in [3.05, 3.63) is 65.9 Å². The lowest BCUT2D eigenvalue weighted by Gasteiger charge is -2.06. The zero-order valence-electron chi connectivity index (χ0n) is 12.1. The van der Waals surface area contributed by atoms with E-state index < -0.39 is 27.1 Å². The number of nitrogens with one attached hydrogen (secondary N) is 1. The molecule has 2 rings (SSSR count). The van der Waals surface area contributed by atoms with Crippen LogP contribution in [-0.4, -0.2) is 22.3 Å². The first-order valence-electron chi connectivity index (χ1n) is 6.64. The highest BCUT2D eigenvalue weighted by Crippen LogP contribution is 2.29. The molecular weight excluding hydrogens is 322 g/mol. The van der Waals surface area contributed by atoms with E-state index in [0.29, 0.717) is 13.0 Å². The quantitative estimate of drug-likeness (QED) is 0.643. The van der Waals surface area contributed by atoms with E-state index in [1.165, 1.54) is 6.92 Å². The summed E-state index contributed by atoms with van der Waals surface area (Å²) in [6.07, 6.45) is 0.624. The Morgan fingerprint density at radius 2 is 1.83 bits per heavy atom. The standard InChI is InChI=1S/C14H13N3O5S/c1-9-12(16(19)20)7-10(8-13(9)17(21)22)14(18)15-5-4-11-3-2-6-23-11/h2-3,6-8H,4-5H2,1H3,(H,15,18). The van der Waals surface area contributed by atoms with Gasteiger partial charge in [0, 0.05) is 23.6 Å². The molecule has 1 aromatic heterocycles. The van der Waals surface area contributed by atoms with Gasteiger partial charge in [-0.25, -0.2) is 0 Å². The fourth-order valence-electron chi connectivity index (χ4n) is 2.05. The van der Waals surface area contributed by atoms with Gasteiger partial charge in [0.1, 0.15) is 5.56 Å². The number of hydrogen-bond acceptors (Lipinski definition) is 6. The van der Waals surface area contributed by atoms with Crippen LogP contribution in [0.2, 0.25) is 0 Å². The zero-order valence-corrected chi connectivity index (χ0v) is 13.0. The van der Waals surface area contributed by atoms with E-state index >= 15 is 0 Å². The molecule has 0 bridgehead atoms. The molecule has 1 N–H and O–H groups in total. The number of nitro benzene ring substituents is 2. The van der Waals surface area contributed by atoms with Gasteiger partial charge in [-0.2, -0.15) is 0 Å². The van der Waals surface area contributed by atoms with Crippen LogP contribution in [0.5, 0.6) is 0 Å². The van der Waals surface area contributed by atoms with E-state index in [-0.39, 0.29) is 11.1 Å². The molecule has 0 fully saturated rings. The Bertz CT molecular complexity index is 723. The Balaban J connectivity index is 2.18. The second-order valence-corrected chi connectivity index (χ2v) is 5.77. The maximum atomic E-state index is 12.1. The van der Waals surface area contributed by atoms with Crippen LogP contribution in [0.15, 0.2) is 29.6 Å². The lowest BCUT2D eigenvalue weighted by Crippen LogP contribution is -2.25. The molecule has 8 nitrogen and oxygen atoms in total. The van der Waals surface area contributed by atoms with Gasteiger partial charge in [-0.1, -0.05) is 6.07 Å². The first-order valence-corrected chi connectivity index (χ1v) is 7.52. The van der Waals surface area contributed by atoms with Gasteiger partial charge in [0.05, 0.1) is 15.4 Å². The summed E-state index contributed by atoms with van der Waals surface area (Å²) >= 11 is 1.56. The molecule has 120 valence electrons. The van der Waals surface area contributed by atoms with Crippen molar-refractivity contribution < 1.29 is 14.6 Å². The van der Waals surface area contributed by atoms with E-state index in [0.717, 1.165) is 17.0 Å². The minimum Gasteiger partial charge on any atom is -0.352 e. The molecule has 1 amide bonds. The number of amides is 1. The van der Waals surface area contributed by atoms with E-state index in [1.54, 1.807) is 11.3 Å². The van der Waals surface area contributed by atoms with Gasteiger partial charge in [0.25, 0.3) is 17.3 Å². The summed E-state index contributed by atoms with van der Waals surface area (Å²) in [6.45, 7) is 1.63. The highest BCUT2D eigenvalue weighted by molar-refractivity contribution is 7.09. The fraction of sp³-hybridized carbons (Fsp3) is 0.214. The molecule has 23 heavy (non-hydrogen) atoms. The van der Waals surface area contributed by atoms with Crippen LogP contribution in [0.4, 0.5) is 11.4 Å². The van der Waals surface area contributed by atoms with Gasteiger partial charge in [-0.15, -0.1) is 11.3 Å². The van der Waals surface area contributed by atoms with Crippen LogP contribution in [0.3, 0.4) is 0 Å². The van der Waals surface area contributed by atoms with Crippen molar-refractivity contribution in [3.63, 3.8) is 0 Å². The van der Waals surface area contributed by atoms with E-state index in [2.05, 4.69) is 5.32 Å². The predicted octanol–water partition coefficient (Wildman–Crippen LogP) is 2.85. The maximum Gasteiger partial charge on any atom is 0.279 e. The van der Waals surface area contributed by atoms with Gasteiger partial charge in [0.2, 0.25) is 0 Å². The Labute approximate surface area is 135 Å². The van der Waals surface area contributed by atoms with Crippen molar-refractivity contribution in [2.45, 2.75) is 13.3 Å². The summed E-state index contributed by atoms with van der Waals surface area (Å²) in [6, 6.07) is 5.94. The minimum absolute atomic E-state index is 0.0739. The number of carbonyl (C=O) groups excluding carboxylic acids is 1. The second kappa shape index (κ2) is 6.97. The predicted molar refractivity (Wildman–Crippen MR) is 84.8 cm³/mol. The van der Waals surface area contributed by atoms with Crippen molar-refractivity contribution >= 4 is 28.6 Å². The Morgan fingerprint density at radius 3 is 2.30 bits per heavy atom. The number of rotatable bonds is 6. The lowest BCUT2D eigenvalue weighted by atomic mass is 10.1. The molecule has 0 aliphatic rings. The van der Waals surface area contributed by atoms with E-state index in [9.17, 15) is 25.0 Å². The number of nitrogens with zero attached hydrogens (tertiary/aromatic N) is 2. The third-order valence-electron chi connectivity index (χ3n) is 3.25. The summed E-state index contributed by atoms with van der Waals surface area (Å²) in [4.78, 5) is 33.7. The Morgan fingerprint density at radius 1 is 1.22 bits per heavy atom. The second-order valence-electron chi connectivity index (χ2n) is 4.74. The van der Waals surface area contributed by atoms with E-state index in [1.807, 2.05) is 17.5 Å². The molecular formula is C14H13N3O5S. The summed E-state index contributed by atoms with van der Waals surface area (Å²) < 4.78 is 0. The molecule has 0 aliphatic carbocycles. The maximum absolute atomic E-state index is 12.1. The lowest BCUT2D eigenvalue weighted by molar-refractivity contribution is -0.395. The van der Waals surface area contributed by atoms with Gasteiger partial charge >= 0.3 is 0 Å². The average Bonchev–Trinajstić information content (AvgIpc) is 3.00. The van der Waals surface area contributed by atoms with Crippen molar-refractivity contribution in [1.82, 2.24) is 5.32 Å². The smallest absolute Gasteiger partial charge is 0.279 e. The minimum atomic E-state index is -0.731. The monoisotopic (exact) mass is 335 g/mol. The van der Waals surface area contributed by atoms with Crippen LogP contribution in [0, 0.1) is 27.2 Å². The van der Waals surface area contributed by atoms with E-state index in [4.69, 9.17) is 0 Å². The number of thiophene rings is 1. The molecule has 0 aliphatic heterocycles. The molecule has 0 radical (unpaired) electrons. The molecule has 0 spiro atoms. The van der Waals surface area contributed by atoms with Gasteiger partial charge < -0.3 is 5.32 Å². The number of carbonyl (C=O) groups is 1. The topological polar surface area (TPSA) is 115 Å². The van der Waals surface area contributed by atoms with Gasteiger partial charge in [0.15, 0.2) is 0 Å². The molecule has 0 atom stereocenters. The fourth-order valence-corrected chi connectivity index (χ4v) is 2.76. The van der Waals surface area contributed by atoms with Crippen molar-refractivity contribution in [1.29, 1.82) is 0 Å². The third-order valence-corrected chi connectivity index (χ3v) is 4.18. The van der Waals surface area contributed by atoms with Crippen LogP contribution in [0.1, 0.15) is 20.8 Å². The molecule has 1 heterocycles. The SMILES string of the molecule is Cc1c([N+](=O)[O-])cc(C(=O)NCCc2cccs2)cc1[N+](=O)[O-]. The van der Waals surface area contributed by atoms with Gasteiger partial charge in [-0.05, 0) is 24.8 Å². The molecule has 0 unspecified atom stereocenters. The zero-order chi connectivity index (χ0) is 17.0. The van der Waals surface area contributed by atoms with Crippen molar-refractivity contribution in [3.8, 4) is 0 Å². The van der Waals surface area contributed by atoms with Crippen LogP contribution < -0.4 is 5.32 Å². The first-order chi connectivity index (χ1) is 10.9. The van der Waals surface area contributed by atoms with Crippen molar-refractivity contribution in [2.75, 3.05) is 6.54 Å². The summed E-state index contributed by atoms with van der Waals surface area (Å²) in [5.74, 6) is -0.576. The molecule has 0 saturated heterocycles. The Kier molecular flexibility index (Phi) is 5.02. The third kappa shape index (κ3) is 3.89. The first kappa shape index (κ1) is 16.6. The van der Waals surface area contributed by atoms with Crippen molar-refractivity contribution in [2.24, 2.45) is 0 Å². The molecule has 1 aromatic carbocycles. The highest BCUT2D eigenvalue weighted by atomic mass is 32.1. The number of hydrogen-bond donors (Lipinski definition) is 1. The molecule has 9 heteroatoms. The van der Waals surface area contributed by atoms with Gasteiger partial charge in [-0.3, -0.25) is 25.0 Å². The average molecular weight is 335 g/mol. The Hall–Kier alpha value is -2.81. The van der Waals surface area contributed by atoms with Crippen LogP contribution in [-0.2, 0) is 6.42 Å². The summed E-state index contributed by atoms with van der Waals surface area (Å²) in [5, 5.41) is 26.5. The largest absolute Gasteiger partial charge is 0.352 e. The summed E-state index contributed by atoms with van der Waals surface area (Å²) in [7, 11) is 0. The normalized spacial score (nSPS) is 10.3. The molecule has 2 aromatic rings. The van der Waals surface area contributed by atoms with Crippen LogP contribution in [0.25, 0.3) is 0 Å². The highest BCUT2D eigenvalue weighted by Gasteiger charge is 2.25. The van der Waals surface area contributed by atoms with Crippen LogP contribution >= 0.6 is 11.3 Å². The number of benzene rings is 1. The molecule has 0 saturated carbocycles.